The SMILES string of the molecule is Nc1nccc2c(NCc3ccnc(OCC4CCn5c(nnc5C(F)F)C4)c3)cccc12. The van der Waals surface area contributed by atoms with E-state index in [9.17, 15) is 8.78 Å². The van der Waals surface area contributed by atoms with Crippen molar-refractivity contribution >= 4 is 22.3 Å². The van der Waals surface area contributed by atoms with Crippen molar-refractivity contribution in [2.45, 2.75) is 32.4 Å². The summed E-state index contributed by atoms with van der Waals surface area (Å²) in [5, 5.41) is 12.9. The number of fused-ring (bicyclic) bond motifs is 2. The Kier molecular flexibility index (Phi) is 5.72. The van der Waals surface area contributed by atoms with Gasteiger partial charge < -0.3 is 20.4 Å². The molecule has 5 rings (SSSR count). The number of aromatic nitrogens is 5. The number of benzene rings is 1. The van der Waals surface area contributed by atoms with E-state index in [2.05, 4.69) is 25.5 Å². The number of hydrogen-bond acceptors (Lipinski definition) is 7. The average molecular weight is 451 g/mol. The summed E-state index contributed by atoms with van der Waals surface area (Å²) in [6.07, 6.45) is 2.08. The minimum atomic E-state index is -2.61. The lowest BCUT2D eigenvalue weighted by Gasteiger charge is -2.23. The van der Waals surface area contributed by atoms with Gasteiger partial charge in [0.1, 0.15) is 11.6 Å². The molecule has 0 spiro atoms. The standard InChI is InChI=1S/C23H23F2N7O/c24-21(25)23-31-30-19-10-15(6-9-32(19)23)13-33-20-11-14(4-7-27-20)12-29-18-3-1-2-17-16(18)5-8-28-22(17)26/h1-5,7-8,11,15,21,29H,6,9-10,12-13H2,(H2,26,28). The highest BCUT2D eigenvalue weighted by molar-refractivity contribution is 5.99. The number of nitrogens with zero attached hydrogens (tertiary/aromatic N) is 5. The van der Waals surface area contributed by atoms with E-state index < -0.39 is 6.43 Å². The molecule has 1 aliphatic heterocycles. The molecule has 10 heteroatoms. The van der Waals surface area contributed by atoms with Crippen LogP contribution in [-0.4, -0.2) is 31.3 Å². The quantitative estimate of drug-likeness (QED) is 0.438. The Morgan fingerprint density at radius 3 is 2.88 bits per heavy atom. The summed E-state index contributed by atoms with van der Waals surface area (Å²) in [6.45, 7) is 1.50. The second kappa shape index (κ2) is 8.97. The fourth-order valence-corrected chi connectivity index (χ4v) is 4.14. The van der Waals surface area contributed by atoms with E-state index >= 15 is 0 Å². The Hall–Kier alpha value is -3.82. The molecule has 0 bridgehead atoms. The van der Waals surface area contributed by atoms with E-state index in [0.717, 1.165) is 28.4 Å². The van der Waals surface area contributed by atoms with Gasteiger partial charge in [0.05, 0.1) is 6.61 Å². The molecule has 3 N–H and O–H groups in total. The molecule has 0 amide bonds. The molecule has 170 valence electrons. The molecule has 0 radical (unpaired) electrons. The average Bonchev–Trinajstić information content (AvgIpc) is 3.26. The molecule has 4 aromatic rings. The topological polar surface area (TPSA) is 104 Å². The fourth-order valence-electron chi connectivity index (χ4n) is 4.14. The first-order valence-electron chi connectivity index (χ1n) is 10.7. The summed E-state index contributed by atoms with van der Waals surface area (Å²) in [4.78, 5) is 8.45. The summed E-state index contributed by atoms with van der Waals surface area (Å²) >= 11 is 0. The maximum atomic E-state index is 13.0. The van der Waals surface area contributed by atoms with Crippen LogP contribution in [-0.2, 0) is 19.5 Å². The van der Waals surface area contributed by atoms with Gasteiger partial charge in [0, 0.05) is 60.3 Å². The van der Waals surface area contributed by atoms with Gasteiger partial charge in [-0.25, -0.2) is 18.7 Å². The lowest BCUT2D eigenvalue weighted by Crippen LogP contribution is -2.25. The molecule has 4 heterocycles. The number of pyridine rings is 2. The predicted molar refractivity (Wildman–Crippen MR) is 120 cm³/mol. The number of halogens is 2. The number of alkyl halides is 2. The van der Waals surface area contributed by atoms with Crippen molar-refractivity contribution < 1.29 is 13.5 Å². The van der Waals surface area contributed by atoms with Crippen molar-refractivity contribution in [2.75, 3.05) is 17.7 Å². The minimum Gasteiger partial charge on any atom is -0.477 e. The normalized spacial score (nSPS) is 15.5. The third kappa shape index (κ3) is 4.41. The van der Waals surface area contributed by atoms with Gasteiger partial charge in [0.15, 0.2) is 5.82 Å². The zero-order chi connectivity index (χ0) is 22.8. The number of anilines is 2. The largest absolute Gasteiger partial charge is 0.477 e. The maximum Gasteiger partial charge on any atom is 0.297 e. The van der Waals surface area contributed by atoms with Crippen LogP contribution in [0.25, 0.3) is 10.8 Å². The van der Waals surface area contributed by atoms with Crippen LogP contribution in [0.1, 0.15) is 30.1 Å². The van der Waals surface area contributed by atoms with Gasteiger partial charge in [0.2, 0.25) is 5.88 Å². The molecular formula is C23H23F2N7O. The number of nitrogen functional groups attached to an aromatic ring is 1. The summed E-state index contributed by atoms with van der Waals surface area (Å²) in [7, 11) is 0. The molecule has 33 heavy (non-hydrogen) atoms. The number of nitrogens with two attached hydrogens (primary N) is 1. The minimum absolute atomic E-state index is 0.172. The molecule has 1 unspecified atom stereocenters. The fraction of sp³-hybridized carbons (Fsp3) is 0.304. The molecule has 8 nitrogen and oxygen atoms in total. The van der Waals surface area contributed by atoms with Crippen molar-refractivity contribution in [1.82, 2.24) is 24.7 Å². The first-order chi connectivity index (χ1) is 16.1. The molecule has 0 saturated heterocycles. The summed E-state index contributed by atoms with van der Waals surface area (Å²) in [5.74, 6) is 1.53. The third-order valence-corrected chi connectivity index (χ3v) is 5.87. The molecule has 0 saturated carbocycles. The highest BCUT2D eigenvalue weighted by Gasteiger charge is 2.26. The second-order valence-corrected chi connectivity index (χ2v) is 8.05. The Labute approximate surface area is 188 Å². The van der Waals surface area contributed by atoms with Crippen LogP contribution in [0.3, 0.4) is 0 Å². The Bertz CT molecular complexity index is 1280. The zero-order valence-electron chi connectivity index (χ0n) is 17.8. The highest BCUT2D eigenvalue weighted by Crippen LogP contribution is 2.27. The van der Waals surface area contributed by atoms with Gasteiger partial charge >= 0.3 is 0 Å². The van der Waals surface area contributed by atoms with Gasteiger partial charge in [-0.15, -0.1) is 10.2 Å². The Morgan fingerprint density at radius 1 is 1.12 bits per heavy atom. The van der Waals surface area contributed by atoms with Crippen LogP contribution >= 0.6 is 0 Å². The van der Waals surface area contributed by atoms with Crippen LogP contribution in [0.4, 0.5) is 20.3 Å². The van der Waals surface area contributed by atoms with E-state index in [1.54, 1.807) is 12.4 Å². The molecule has 0 fully saturated rings. The Morgan fingerprint density at radius 2 is 2.00 bits per heavy atom. The van der Waals surface area contributed by atoms with E-state index in [1.165, 1.54) is 4.57 Å². The van der Waals surface area contributed by atoms with E-state index in [1.807, 2.05) is 36.4 Å². The first-order valence-corrected chi connectivity index (χ1v) is 10.7. The lowest BCUT2D eigenvalue weighted by atomic mass is 9.99. The van der Waals surface area contributed by atoms with Crippen molar-refractivity contribution in [2.24, 2.45) is 5.92 Å². The van der Waals surface area contributed by atoms with Gasteiger partial charge in [0.25, 0.3) is 6.43 Å². The molecule has 1 aromatic carbocycles. The van der Waals surface area contributed by atoms with Gasteiger partial charge in [-0.05, 0) is 30.2 Å². The maximum absolute atomic E-state index is 13.0. The second-order valence-electron chi connectivity index (χ2n) is 8.05. The van der Waals surface area contributed by atoms with Crippen LogP contribution in [0.5, 0.6) is 5.88 Å². The van der Waals surface area contributed by atoms with Crippen molar-refractivity contribution in [3.8, 4) is 5.88 Å². The lowest BCUT2D eigenvalue weighted by molar-refractivity contribution is 0.131. The Balaban J connectivity index is 1.20. The number of ether oxygens (including phenoxy) is 1. The smallest absolute Gasteiger partial charge is 0.297 e. The van der Waals surface area contributed by atoms with Crippen LogP contribution in [0.15, 0.2) is 48.8 Å². The van der Waals surface area contributed by atoms with Gasteiger partial charge in [-0.2, -0.15) is 0 Å². The summed E-state index contributed by atoms with van der Waals surface area (Å²) < 4.78 is 33.4. The van der Waals surface area contributed by atoms with E-state index in [4.69, 9.17) is 10.5 Å². The zero-order valence-corrected chi connectivity index (χ0v) is 17.8. The highest BCUT2D eigenvalue weighted by atomic mass is 19.3. The molecule has 0 aliphatic carbocycles. The monoisotopic (exact) mass is 451 g/mol. The van der Waals surface area contributed by atoms with Crippen molar-refractivity contribution in [3.63, 3.8) is 0 Å². The molecule has 1 atom stereocenters. The van der Waals surface area contributed by atoms with Crippen molar-refractivity contribution in [3.05, 3.63) is 66.0 Å². The first kappa shape index (κ1) is 21.0. The number of rotatable bonds is 7. The third-order valence-electron chi connectivity index (χ3n) is 5.87. The van der Waals surface area contributed by atoms with Gasteiger partial charge in [-0.1, -0.05) is 12.1 Å². The number of hydrogen-bond donors (Lipinski definition) is 2. The van der Waals surface area contributed by atoms with E-state index in [-0.39, 0.29) is 11.7 Å². The summed E-state index contributed by atoms with van der Waals surface area (Å²) in [5.41, 5.74) is 7.97. The molecular weight excluding hydrogens is 428 g/mol. The summed E-state index contributed by atoms with van der Waals surface area (Å²) in [6, 6.07) is 11.7. The van der Waals surface area contributed by atoms with Crippen LogP contribution < -0.4 is 15.8 Å². The molecule has 1 aliphatic rings. The van der Waals surface area contributed by atoms with E-state index in [0.29, 0.717) is 43.6 Å². The van der Waals surface area contributed by atoms with Crippen LogP contribution in [0, 0.1) is 5.92 Å². The predicted octanol–water partition coefficient (Wildman–Crippen LogP) is 3.99. The molecule has 3 aromatic heterocycles. The van der Waals surface area contributed by atoms with Crippen LogP contribution in [0.2, 0.25) is 0 Å². The van der Waals surface area contributed by atoms with Gasteiger partial charge in [-0.3, -0.25) is 0 Å². The number of nitrogens with one attached hydrogen (secondary N) is 1. The van der Waals surface area contributed by atoms with Crippen molar-refractivity contribution in [1.29, 1.82) is 0 Å².